The van der Waals surface area contributed by atoms with Crippen molar-refractivity contribution >= 4 is 11.4 Å². The fourth-order valence-electron chi connectivity index (χ4n) is 2.19. The molecule has 0 aliphatic rings. The van der Waals surface area contributed by atoms with Gasteiger partial charge in [0.25, 0.3) is 5.69 Å². The summed E-state index contributed by atoms with van der Waals surface area (Å²) < 4.78 is 39.4. The van der Waals surface area contributed by atoms with Crippen LogP contribution < -0.4 is 4.90 Å². The van der Waals surface area contributed by atoms with Crippen LogP contribution in [0.15, 0.2) is 30.3 Å². The predicted octanol–water partition coefficient (Wildman–Crippen LogP) is 3.14. The topological polar surface area (TPSA) is 66.6 Å². The molecule has 0 aliphatic heterocycles. The highest BCUT2D eigenvalue weighted by Gasteiger charge is 2.19. The van der Waals surface area contributed by atoms with Gasteiger partial charge in [-0.1, -0.05) is 0 Å². The Balaban J connectivity index is 2.37. The van der Waals surface area contributed by atoms with Gasteiger partial charge in [0.05, 0.1) is 11.5 Å². The number of hydrogen-bond acceptors (Lipinski definition) is 4. The molecule has 0 heterocycles. The van der Waals surface area contributed by atoms with Crippen LogP contribution in [0, 0.1) is 27.6 Å². The van der Waals surface area contributed by atoms with Crippen LogP contribution in [0.3, 0.4) is 0 Å². The maximum Gasteiger partial charge on any atom is 0.292 e. The molecule has 0 spiro atoms. The quantitative estimate of drug-likeness (QED) is 0.521. The van der Waals surface area contributed by atoms with Gasteiger partial charge in [-0.15, -0.1) is 0 Å². The first-order chi connectivity index (χ1) is 10.8. The molecular formula is C15H13F3N2O3. The highest BCUT2D eigenvalue weighted by molar-refractivity contribution is 5.64. The van der Waals surface area contributed by atoms with Crippen molar-refractivity contribution in [2.75, 3.05) is 11.9 Å². The molecule has 2 aromatic carbocycles. The van der Waals surface area contributed by atoms with E-state index >= 15 is 0 Å². The number of hydrogen-bond donors (Lipinski definition) is 1. The number of aliphatic hydroxyl groups excluding tert-OH is 1. The minimum absolute atomic E-state index is 0.0795. The zero-order valence-corrected chi connectivity index (χ0v) is 12.1. The van der Waals surface area contributed by atoms with Gasteiger partial charge in [-0.05, 0) is 35.4 Å². The van der Waals surface area contributed by atoms with Crippen molar-refractivity contribution in [1.29, 1.82) is 0 Å². The smallest absolute Gasteiger partial charge is 0.292 e. The Hall–Kier alpha value is -2.61. The van der Waals surface area contributed by atoms with Gasteiger partial charge < -0.3 is 10.0 Å². The molecule has 0 fully saturated rings. The molecule has 1 N–H and O–H groups in total. The zero-order chi connectivity index (χ0) is 17.1. The molecule has 0 atom stereocenters. The monoisotopic (exact) mass is 326 g/mol. The van der Waals surface area contributed by atoms with Gasteiger partial charge in [-0.2, -0.15) is 0 Å². The third-order valence-corrected chi connectivity index (χ3v) is 3.29. The Bertz CT molecular complexity index is 730. The molecule has 0 unspecified atom stereocenters. The van der Waals surface area contributed by atoms with Crippen LogP contribution in [0.2, 0.25) is 0 Å². The van der Waals surface area contributed by atoms with Crippen LogP contribution in [-0.2, 0) is 13.2 Å². The normalized spacial score (nSPS) is 10.7. The van der Waals surface area contributed by atoms with Gasteiger partial charge >= 0.3 is 0 Å². The zero-order valence-electron chi connectivity index (χ0n) is 12.1. The second-order valence-corrected chi connectivity index (χ2v) is 4.97. The van der Waals surface area contributed by atoms with E-state index < -0.39 is 22.4 Å². The summed E-state index contributed by atoms with van der Waals surface area (Å²) in [5, 5.41) is 20.2. The van der Waals surface area contributed by atoms with Crippen LogP contribution >= 0.6 is 0 Å². The number of nitrogens with zero attached hydrogens (tertiary/aromatic N) is 2. The summed E-state index contributed by atoms with van der Waals surface area (Å²) in [6, 6.07) is 5.72. The van der Waals surface area contributed by atoms with E-state index in [-0.39, 0.29) is 30.1 Å². The van der Waals surface area contributed by atoms with Gasteiger partial charge in [-0.25, -0.2) is 13.2 Å². The van der Waals surface area contributed by atoms with Crippen molar-refractivity contribution in [3.63, 3.8) is 0 Å². The van der Waals surface area contributed by atoms with E-state index in [4.69, 9.17) is 5.11 Å². The van der Waals surface area contributed by atoms with Crippen molar-refractivity contribution in [2.24, 2.45) is 0 Å². The lowest BCUT2D eigenvalue weighted by atomic mass is 10.1. The number of rotatable bonds is 5. The van der Waals surface area contributed by atoms with E-state index in [0.717, 1.165) is 12.1 Å². The first kappa shape index (κ1) is 16.8. The molecule has 122 valence electrons. The average Bonchev–Trinajstić information content (AvgIpc) is 2.51. The van der Waals surface area contributed by atoms with Crippen LogP contribution in [0.4, 0.5) is 24.5 Å². The molecular weight excluding hydrogens is 313 g/mol. The molecule has 0 aliphatic carbocycles. The Morgan fingerprint density at radius 3 is 2.26 bits per heavy atom. The summed E-state index contributed by atoms with van der Waals surface area (Å²) in [6.07, 6.45) is 0. The van der Waals surface area contributed by atoms with Crippen LogP contribution in [-0.4, -0.2) is 17.1 Å². The maximum absolute atomic E-state index is 13.2. The van der Waals surface area contributed by atoms with Gasteiger partial charge in [0.2, 0.25) is 0 Å². The molecule has 23 heavy (non-hydrogen) atoms. The molecule has 0 radical (unpaired) electrons. The number of aliphatic hydroxyl groups is 1. The lowest BCUT2D eigenvalue weighted by Gasteiger charge is -2.20. The summed E-state index contributed by atoms with van der Waals surface area (Å²) >= 11 is 0. The van der Waals surface area contributed by atoms with E-state index in [0.29, 0.717) is 5.56 Å². The van der Waals surface area contributed by atoms with E-state index in [9.17, 15) is 23.3 Å². The highest BCUT2D eigenvalue weighted by Crippen LogP contribution is 2.30. The molecule has 0 aromatic heterocycles. The van der Waals surface area contributed by atoms with Crippen LogP contribution in [0.25, 0.3) is 0 Å². The molecule has 5 nitrogen and oxygen atoms in total. The number of halogens is 3. The van der Waals surface area contributed by atoms with Crippen molar-refractivity contribution in [3.05, 3.63) is 69.0 Å². The van der Waals surface area contributed by atoms with Crippen molar-refractivity contribution in [2.45, 2.75) is 13.2 Å². The van der Waals surface area contributed by atoms with E-state index in [1.807, 2.05) is 0 Å². The Morgan fingerprint density at radius 2 is 1.74 bits per heavy atom. The second-order valence-electron chi connectivity index (χ2n) is 4.97. The summed E-state index contributed by atoms with van der Waals surface area (Å²) in [6.45, 7) is -0.386. The summed E-state index contributed by atoms with van der Waals surface area (Å²) in [4.78, 5) is 11.9. The third kappa shape index (κ3) is 3.59. The molecule has 0 saturated carbocycles. The molecule has 0 amide bonds. The maximum atomic E-state index is 13.2. The third-order valence-electron chi connectivity index (χ3n) is 3.29. The molecule has 0 saturated heterocycles. The first-order valence-corrected chi connectivity index (χ1v) is 6.56. The number of nitro benzene ring substituents is 1. The molecule has 2 rings (SSSR count). The highest BCUT2D eigenvalue weighted by atomic mass is 19.2. The first-order valence-electron chi connectivity index (χ1n) is 6.56. The average molecular weight is 326 g/mol. The number of benzene rings is 2. The molecule has 2 aromatic rings. The van der Waals surface area contributed by atoms with E-state index in [1.54, 1.807) is 0 Å². The van der Waals surface area contributed by atoms with Crippen molar-refractivity contribution in [3.8, 4) is 0 Å². The summed E-state index contributed by atoms with van der Waals surface area (Å²) in [7, 11) is 1.49. The van der Waals surface area contributed by atoms with E-state index in [2.05, 4.69) is 0 Å². The Labute approximate surface area is 129 Å². The van der Waals surface area contributed by atoms with Gasteiger partial charge in [0, 0.05) is 19.7 Å². The Kier molecular flexibility index (Phi) is 4.85. The standard InChI is InChI=1S/C15H13F3N2O3/c1-19(7-10-4-11(16)15(18)12(17)5-10)14-6-9(8-21)2-3-13(14)20(22)23/h2-6,21H,7-8H2,1H3. The van der Waals surface area contributed by atoms with Crippen LogP contribution in [0.1, 0.15) is 11.1 Å². The summed E-state index contributed by atoms with van der Waals surface area (Å²) in [5.74, 6) is -4.22. The summed E-state index contributed by atoms with van der Waals surface area (Å²) in [5.41, 5.74) is 0.529. The number of anilines is 1. The van der Waals surface area contributed by atoms with Gasteiger partial charge in [0.15, 0.2) is 17.5 Å². The fraction of sp³-hybridized carbons (Fsp3) is 0.200. The Morgan fingerprint density at radius 1 is 1.13 bits per heavy atom. The minimum Gasteiger partial charge on any atom is -0.392 e. The van der Waals surface area contributed by atoms with E-state index in [1.165, 1.54) is 30.1 Å². The van der Waals surface area contributed by atoms with Crippen molar-refractivity contribution < 1.29 is 23.2 Å². The second kappa shape index (κ2) is 6.66. The largest absolute Gasteiger partial charge is 0.392 e. The molecule has 8 heteroatoms. The molecule has 0 bridgehead atoms. The predicted molar refractivity (Wildman–Crippen MR) is 77.4 cm³/mol. The number of nitro groups is 1. The van der Waals surface area contributed by atoms with Crippen LogP contribution in [0.5, 0.6) is 0 Å². The van der Waals surface area contributed by atoms with Gasteiger partial charge in [-0.3, -0.25) is 10.1 Å². The van der Waals surface area contributed by atoms with Crippen molar-refractivity contribution in [1.82, 2.24) is 0 Å². The SMILES string of the molecule is CN(Cc1cc(F)c(F)c(F)c1)c1cc(CO)ccc1[N+](=O)[O-]. The lowest BCUT2D eigenvalue weighted by Crippen LogP contribution is -2.18. The van der Waals surface area contributed by atoms with Gasteiger partial charge in [0.1, 0.15) is 5.69 Å². The minimum atomic E-state index is -1.57. The fourth-order valence-corrected chi connectivity index (χ4v) is 2.19. The lowest BCUT2D eigenvalue weighted by molar-refractivity contribution is -0.384.